The Hall–Kier alpha value is -5.74. The summed E-state index contributed by atoms with van der Waals surface area (Å²) in [4.78, 5) is 26.3. The molecule has 0 saturated carbocycles. The van der Waals surface area contributed by atoms with E-state index in [0.717, 1.165) is 65.7 Å². The lowest BCUT2D eigenvalue weighted by atomic mass is 9.93. The van der Waals surface area contributed by atoms with Gasteiger partial charge in [0.1, 0.15) is 11.2 Å². The third-order valence-electron chi connectivity index (χ3n) is 8.78. The Morgan fingerprint density at radius 1 is 0.409 bits per heavy atom. The molecule has 2 aromatic heterocycles. The standard InChI is InChI=1S/C40H26O4/c1-23-35(39(41)43-33-21-19-27-7-3-5-9-31(27)37(23)33)29-15-11-25(12-16-29)26-13-17-30(18-14-26)36-24(2)38-32-10-6-4-8-28(32)20-22-34(38)44-40(36)42/h3-22H,1-2H3. The highest BCUT2D eigenvalue weighted by molar-refractivity contribution is 6.09. The maximum absolute atomic E-state index is 13.1. The Bertz CT molecular complexity index is 2350. The topological polar surface area (TPSA) is 60.4 Å². The smallest absolute Gasteiger partial charge is 0.344 e. The van der Waals surface area contributed by atoms with Crippen molar-refractivity contribution in [3.63, 3.8) is 0 Å². The second-order valence-electron chi connectivity index (χ2n) is 11.3. The fraction of sp³-hybridized carbons (Fsp3) is 0.0500. The molecular weight excluding hydrogens is 544 g/mol. The highest BCUT2D eigenvalue weighted by atomic mass is 16.4. The van der Waals surface area contributed by atoms with Gasteiger partial charge in [-0.05, 0) is 80.9 Å². The number of fused-ring (bicyclic) bond motifs is 6. The molecule has 0 aliphatic heterocycles. The molecule has 0 fully saturated rings. The van der Waals surface area contributed by atoms with Gasteiger partial charge < -0.3 is 8.83 Å². The van der Waals surface area contributed by atoms with Gasteiger partial charge in [-0.2, -0.15) is 0 Å². The van der Waals surface area contributed by atoms with Gasteiger partial charge in [0.05, 0.1) is 11.1 Å². The molecule has 0 spiro atoms. The minimum absolute atomic E-state index is 0.347. The first kappa shape index (κ1) is 25.9. The van der Waals surface area contributed by atoms with Crippen LogP contribution >= 0.6 is 0 Å². The zero-order valence-corrected chi connectivity index (χ0v) is 24.2. The molecular formula is C40H26O4. The van der Waals surface area contributed by atoms with Crippen LogP contribution in [0.5, 0.6) is 0 Å². The molecule has 0 amide bonds. The fourth-order valence-corrected chi connectivity index (χ4v) is 6.63. The first-order valence-electron chi connectivity index (χ1n) is 14.6. The molecule has 0 N–H and O–H groups in total. The van der Waals surface area contributed by atoms with Gasteiger partial charge in [-0.15, -0.1) is 0 Å². The molecule has 44 heavy (non-hydrogen) atoms. The molecule has 4 nitrogen and oxygen atoms in total. The molecule has 0 radical (unpaired) electrons. The second-order valence-corrected chi connectivity index (χ2v) is 11.3. The van der Waals surface area contributed by atoms with Crippen molar-refractivity contribution >= 4 is 43.5 Å². The van der Waals surface area contributed by atoms with Crippen LogP contribution in [0.15, 0.2) is 140 Å². The van der Waals surface area contributed by atoms with Crippen LogP contribution in [-0.4, -0.2) is 0 Å². The molecule has 8 aromatic rings. The molecule has 4 heteroatoms. The highest BCUT2D eigenvalue weighted by Crippen LogP contribution is 2.35. The van der Waals surface area contributed by atoms with Crippen molar-refractivity contribution in [2.24, 2.45) is 0 Å². The van der Waals surface area contributed by atoms with Crippen LogP contribution in [0.25, 0.3) is 76.9 Å². The van der Waals surface area contributed by atoms with E-state index < -0.39 is 0 Å². The predicted molar refractivity (Wildman–Crippen MR) is 179 cm³/mol. The van der Waals surface area contributed by atoms with Gasteiger partial charge >= 0.3 is 11.3 Å². The van der Waals surface area contributed by atoms with Gasteiger partial charge in [-0.25, -0.2) is 9.59 Å². The zero-order chi connectivity index (χ0) is 29.9. The Morgan fingerprint density at radius 2 is 0.773 bits per heavy atom. The predicted octanol–water partition coefficient (Wildman–Crippen LogP) is 9.82. The van der Waals surface area contributed by atoms with Crippen LogP contribution in [-0.2, 0) is 0 Å². The number of rotatable bonds is 3. The van der Waals surface area contributed by atoms with E-state index in [-0.39, 0.29) is 11.3 Å². The van der Waals surface area contributed by atoms with Crippen LogP contribution in [0.3, 0.4) is 0 Å². The van der Waals surface area contributed by atoms with Gasteiger partial charge in [0.15, 0.2) is 0 Å². The SMILES string of the molecule is Cc1c(-c2ccc(-c3ccc(-c4c(C)c5c(ccc6ccccc65)oc4=O)cc3)cc2)c(=O)oc2ccc3ccccc3c12. The number of hydrogen-bond donors (Lipinski definition) is 0. The Morgan fingerprint density at radius 3 is 1.18 bits per heavy atom. The molecule has 0 unspecified atom stereocenters. The third kappa shape index (κ3) is 3.99. The van der Waals surface area contributed by atoms with Crippen molar-refractivity contribution in [3.8, 4) is 33.4 Å². The van der Waals surface area contributed by atoms with Crippen LogP contribution < -0.4 is 11.3 Å². The molecule has 0 bridgehead atoms. The fourth-order valence-electron chi connectivity index (χ4n) is 6.63. The summed E-state index contributed by atoms with van der Waals surface area (Å²) in [7, 11) is 0. The van der Waals surface area contributed by atoms with Gasteiger partial charge in [-0.3, -0.25) is 0 Å². The normalized spacial score (nSPS) is 11.6. The lowest BCUT2D eigenvalue weighted by molar-refractivity contribution is 0.562. The first-order valence-corrected chi connectivity index (χ1v) is 14.6. The summed E-state index contributed by atoms with van der Waals surface area (Å²) in [5, 5.41) is 6.25. The summed E-state index contributed by atoms with van der Waals surface area (Å²) in [6, 6.07) is 39.9. The van der Waals surface area contributed by atoms with Crippen LogP contribution in [0, 0.1) is 13.8 Å². The number of benzene rings is 6. The lowest BCUT2D eigenvalue weighted by Gasteiger charge is -2.12. The summed E-state index contributed by atoms with van der Waals surface area (Å²) in [6.45, 7) is 3.98. The van der Waals surface area contributed by atoms with E-state index in [1.807, 2.05) is 111 Å². The monoisotopic (exact) mass is 570 g/mol. The minimum atomic E-state index is -0.347. The zero-order valence-electron chi connectivity index (χ0n) is 24.2. The van der Waals surface area contributed by atoms with Gasteiger partial charge in [0, 0.05) is 10.8 Å². The minimum Gasteiger partial charge on any atom is -0.422 e. The van der Waals surface area contributed by atoms with Crippen LogP contribution in [0.4, 0.5) is 0 Å². The number of hydrogen-bond acceptors (Lipinski definition) is 4. The average molecular weight is 571 g/mol. The maximum Gasteiger partial charge on any atom is 0.344 e. The summed E-state index contributed by atoms with van der Waals surface area (Å²) in [6.07, 6.45) is 0. The Labute approximate surface area is 252 Å². The van der Waals surface area contributed by atoms with Crippen molar-refractivity contribution in [3.05, 3.63) is 153 Å². The largest absolute Gasteiger partial charge is 0.422 e. The lowest BCUT2D eigenvalue weighted by Crippen LogP contribution is -2.06. The van der Waals surface area contributed by atoms with E-state index in [0.29, 0.717) is 22.3 Å². The van der Waals surface area contributed by atoms with E-state index in [2.05, 4.69) is 24.3 Å². The van der Waals surface area contributed by atoms with Crippen molar-refractivity contribution in [2.45, 2.75) is 13.8 Å². The summed E-state index contributed by atoms with van der Waals surface area (Å²) in [5.41, 5.74) is 7.06. The molecule has 2 heterocycles. The van der Waals surface area contributed by atoms with Gasteiger partial charge in [0.25, 0.3) is 0 Å². The van der Waals surface area contributed by atoms with E-state index in [9.17, 15) is 9.59 Å². The summed E-state index contributed by atoms with van der Waals surface area (Å²) >= 11 is 0. The molecule has 0 saturated heterocycles. The van der Waals surface area contributed by atoms with Gasteiger partial charge in [0.2, 0.25) is 0 Å². The van der Waals surface area contributed by atoms with Crippen molar-refractivity contribution in [2.75, 3.05) is 0 Å². The molecule has 210 valence electrons. The Kier molecular flexibility index (Phi) is 5.85. The third-order valence-corrected chi connectivity index (χ3v) is 8.78. The van der Waals surface area contributed by atoms with Crippen molar-refractivity contribution < 1.29 is 8.83 Å². The van der Waals surface area contributed by atoms with E-state index >= 15 is 0 Å². The average Bonchev–Trinajstić information content (AvgIpc) is 3.05. The van der Waals surface area contributed by atoms with E-state index in [1.165, 1.54) is 0 Å². The molecule has 6 aromatic carbocycles. The van der Waals surface area contributed by atoms with E-state index in [4.69, 9.17) is 8.83 Å². The number of aryl methyl sites for hydroxylation is 2. The van der Waals surface area contributed by atoms with E-state index in [1.54, 1.807) is 0 Å². The second kappa shape index (κ2) is 9.92. The Balaban J connectivity index is 1.17. The first-order chi connectivity index (χ1) is 21.5. The summed E-state index contributed by atoms with van der Waals surface area (Å²) in [5.74, 6) is 0. The quantitative estimate of drug-likeness (QED) is 0.157. The van der Waals surface area contributed by atoms with Gasteiger partial charge in [-0.1, -0.05) is 109 Å². The van der Waals surface area contributed by atoms with Crippen molar-refractivity contribution in [1.29, 1.82) is 0 Å². The molecule has 0 aliphatic rings. The maximum atomic E-state index is 13.1. The highest BCUT2D eigenvalue weighted by Gasteiger charge is 2.17. The van der Waals surface area contributed by atoms with Crippen LogP contribution in [0.2, 0.25) is 0 Å². The molecule has 0 aliphatic carbocycles. The summed E-state index contributed by atoms with van der Waals surface area (Å²) < 4.78 is 11.6. The molecule has 0 atom stereocenters. The van der Waals surface area contributed by atoms with Crippen LogP contribution in [0.1, 0.15) is 11.1 Å². The van der Waals surface area contributed by atoms with Crippen molar-refractivity contribution in [1.82, 2.24) is 0 Å². The molecule has 8 rings (SSSR count).